The fourth-order valence-corrected chi connectivity index (χ4v) is 3.60. The number of aryl methyl sites for hydroxylation is 2. The first kappa shape index (κ1) is 19.2. The van der Waals surface area contributed by atoms with Gasteiger partial charge in [-0.1, -0.05) is 19.1 Å². The fraction of sp³-hybridized carbons (Fsp3) is 0.348. The molecule has 0 radical (unpaired) electrons. The highest BCUT2D eigenvalue weighted by Gasteiger charge is 2.27. The maximum absolute atomic E-state index is 6.11. The summed E-state index contributed by atoms with van der Waals surface area (Å²) >= 11 is 0. The minimum atomic E-state index is 0.139. The zero-order chi connectivity index (χ0) is 20.2. The Bertz CT molecular complexity index is 973. The monoisotopic (exact) mass is 389 g/mol. The van der Waals surface area contributed by atoms with E-state index in [1.54, 1.807) is 6.20 Å². The third kappa shape index (κ3) is 4.16. The summed E-state index contributed by atoms with van der Waals surface area (Å²) in [5, 5.41) is 3.67. The maximum atomic E-state index is 6.11. The highest BCUT2D eigenvalue weighted by molar-refractivity contribution is 5.61. The van der Waals surface area contributed by atoms with E-state index in [-0.39, 0.29) is 6.04 Å². The number of anilines is 2. The SMILES string of the molecule is CCc1ncc2c(n1)N(CC)CCC2Nc1ccccc1Oc1ccc(C)nc1. The second kappa shape index (κ2) is 8.47. The lowest BCUT2D eigenvalue weighted by Gasteiger charge is -2.34. The molecule has 0 amide bonds. The van der Waals surface area contributed by atoms with E-state index < -0.39 is 0 Å². The van der Waals surface area contributed by atoms with Crippen molar-refractivity contribution in [3.63, 3.8) is 0 Å². The van der Waals surface area contributed by atoms with Gasteiger partial charge in [0, 0.05) is 37.0 Å². The molecule has 3 heterocycles. The van der Waals surface area contributed by atoms with Crippen LogP contribution in [0.25, 0.3) is 0 Å². The van der Waals surface area contributed by atoms with Gasteiger partial charge in [-0.2, -0.15) is 0 Å². The molecule has 29 heavy (non-hydrogen) atoms. The van der Waals surface area contributed by atoms with Gasteiger partial charge in [0.2, 0.25) is 0 Å². The molecule has 2 aromatic heterocycles. The number of benzene rings is 1. The predicted molar refractivity (Wildman–Crippen MR) is 116 cm³/mol. The second-order valence-corrected chi connectivity index (χ2v) is 7.22. The molecule has 150 valence electrons. The van der Waals surface area contributed by atoms with Gasteiger partial charge in [0.1, 0.15) is 17.4 Å². The first-order chi connectivity index (χ1) is 14.2. The van der Waals surface area contributed by atoms with E-state index in [9.17, 15) is 0 Å². The number of fused-ring (bicyclic) bond motifs is 1. The smallest absolute Gasteiger partial charge is 0.150 e. The molecule has 1 aliphatic rings. The molecule has 6 nitrogen and oxygen atoms in total. The Balaban J connectivity index is 1.61. The van der Waals surface area contributed by atoms with Crippen LogP contribution in [0.4, 0.5) is 11.5 Å². The Morgan fingerprint density at radius 2 is 1.97 bits per heavy atom. The third-order valence-electron chi connectivity index (χ3n) is 5.24. The Labute approximate surface area is 172 Å². The lowest BCUT2D eigenvalue weighted by molar-refractivity contribution is 0.480. The molecule has 0 spiro atoms. The maximum Gasteiger partial charge on any atom is 0.150 e. The summed E-state index contributed by atoms with van der Waals surface area (Å²) in [6.07, 6.45) is 5.55. The van der Waals surface area contributed by atoms with Crippen LogP contribution in [0.5, 0.6) is 11.5 Å². The lowest BCUT2D eigenvalue weighted by Crippen LogP contribution is -2.34. The van der Waals surface area contributed by atoms with Crippen LogP contribution in [0.15, 0.2) is 48.8 Å². The molecule has 1 aliphatic heterocycles. The Hall–Kier alpha value is -3.15. The average Bonchev–Trinajstić information content (AvgIpc) is 2.76. The van der Waals surface area contributed by atoms with Crippen molar-refractivity contribution in [2.75, 3.05) is 23.3 Å². The van der Waals surface area contributed by atoms with Gasteiger partial charge in [0.25, 0.3) is 0 Å². The number of hydrogen-bond acceptors (Lipinski definition) is 6. The molecule has 0 bridgehead atoms. The molecule has 0 aliphatic carbocycles. The van der Waals surface area contributed by atoms with Crippen LogP contribution in [-0.4, -0.2) is 28.0 Å². The topological polar surface area (TPSA) is 63.2 Å². The van der Waals surface area contributed by atoms with Crippen LogP contribution in [0, 0.1) is 6.92 Å². The number of para-hydroxylation sites is 2. The standard InChI is InChI=1S/C23H27N5O/c1-4-22-25-15-18-19(12-13-28(5-2)23(18)27-22)26-20-8-6-7-9-21(20)29-17-11-10-16(3)24-14-17/h6-11,14-15,19,26H,4-5,12-13H2,1-3H3. The van der Waals surface area contributed by atoms with Gasteiger partial charge in [-0.3, -0.25) is 4.98 Å². The van der Waals surface area contributed by atoms with Crippen LogP contribution in [0.3, 0.4) is 0 Å². The average molecular weight is 390 g/mol. The summed E-state index contributed by atoms with van der Waals surface area (Å²) in [5.41, 5.74) is 3.06. The molecule has 1 unspecified atom stereocenters. The number of nitrogens with one attached hydrogen (secondary N) is 1. The van der Waals surface area contributed by atoms with Crippen LogP contribution in [-0.2, 0) is 6.42 Å². The molecule has 3 aromatic rings. The lowest BCUT2D eigenvalue weighted by atomic mass is 10.00. The number of ether oxygens (including phenoxy) is 1. The van der Waals surface area contributed by atoms with Crippen molar-refractivity contribution in [3.05, 3.63) is 65.9 Å². The fourth-order valence-electron chi connectivity index (χ4n) is 3.60. The Morgan fingerprint density at radius 1 is 1.10 bits per heavy atom. The number of rotatable bonds is 6. The van der Waals surface area contributed by atoms with Crippen LogP contribution in [0.2, 0.25) is 0 Å². The first-order valence-electron chi connectivity index (χ1n) is 10.2. The van der Waals surface area contributed by atoms with Gasteiger partial charge in [0.05, 0.1) is 17.9 Å². The van der Waals surface area contributed by atoms with Crippen molar-refractivity contribution in [2.24, 2.45) is 0 Å². The van der Waals surface area contributed by atoms with Gasteiger partial charge < -0.3 is 15.0 Å². The van der Waals surface area contributed by atoms with Crippen LogP contribution < -0.4 is 15.0 Å². The molecule has 0 fully saturated rings. The summed E-state index contributed by atoms with van der Waals surface area (Å²) in [5.74, 6) is 3.44. The molecular formula is C23H27N5O. The summed E-state index contributed by atoms with van der Waals surface area (Å²) in [6, 6.07) is 12.0. The number of hydrogen-bond donors (Lipinski definition) is 1. The number of nitrogens with zero attached hydrogens (tertiary/aromatic N) is 4. The summed E-state index contributed by atoms with van der Waals surface area (Å²) < 4.78 is 6.11. The summed E-state index contributed by atoms with van der Waals surface area (Å²) in [4.78, 5) is 16.0. The molecular weight excluding hydrogens is 362 g/mol. The summed E-state index contributed by atoms with van der Waals surface area (Å²) in [7, 11) is 0. The van der Waals surface area contributed by atoms with E-state index >= 15 is 0 Å². The molecule has 0 saturated carbocycles. The van der Waals surface area contributed by atoms with Gasteiger partial charge in [-0.05, 0) is 44.5 Å². The molecule has 6 heteroatoms. The Kier molecular flexibility index (Phi) is 5.60. The number of pyridine rings is 1. The van der Waals surface area contributed by atoms with Crippen molar-refractivity contribution in [1.82, 2.24) is 15.0 Å². The van der Waals surface area contributed by atoms with Gasteiger partial charge in [-0.25, -0.2) is 9.97 Å². The highest BCUT2D eigenvalue weighted by atomic mass is 16.5. The van der Waals surface area contributed by atoms with E-state index in [1.807, 2.05) is 49.5 Å². The predicted octanol–water partition coefficient (Wildman–Crippen LogP) is 4.92. The van der Waals surface area contributed by atoms with Crippen molar-refractivity contribution in [1.29, 1.82) is 0 Å². The van der Waals surface area contributed by atoms with Gasteiger partial charge >= 0.3 is 0 Å². The van der Waals surface area contributed by atoms with E-state index in [4.69, 9.17) is 9.72 Å². The zero-order valence-electron chi connectivity index (χ0n) is 17.2. The van der Waals surface area contributed by atoms with Gasteiger partial charge in [0.15, 0.2) is 5.75 Å². The largest absolute Gasteiger partial charge is 0.454 e. The van der Waals surface area contributed by atoms with Gasteiger partial charge in [-0.15, -0.1) is 0 Å². The first-order valence-corrected chi connectivity index (χ1v) is 10.2. The number of aromatic nitrogens is 3. The molecule has 1 N–H and O–H groups in total. The van der Waals surface area contributed by atoms with E-state index in [0.717, 1.165) is 66.0 Å². The zero-order valence-corrected chi connectivity index (χ0v) is 17.2. The van der Waals surface area contributed by atoms with Crippen molar-refractivity contribution in [2.45, 2.75) is 39.7 Å². The molecule has 1 aromatic carbocycles. The molecule has 1 atom stereocenters. The highest BCUT2D eigenvalue weighted by Crippen LogP contribution is 2.37. The van der Waals surface area contributed by atoms with Crippen molar-refractivity contribution < 1.29 is 4.74 Å². The van der Waals surface area contributed by atoms with E-state index in [2.05, 4.69) is 34.0 Å². The third-order valence-corrected chi connectivity index (χ3v) is 5.24. The van der Waals surface area contributed by atoms with Crippen molar-refractivity contribution >= 4 is 11.5 Å². The quantitative estimate of drug-likeness (QED) is 0.646. The minimum Gasteiger partial charge on any atom is -0.454 e. The van der Waals surface area contributed by atoms with Crippen LogP contribution in [0.1, 0.15) is 43.4 Å². The normalized spacial score (nSPS) is 15.7. The molecule has 4 rings (SSSR count). The van der Waals surface area contributed by atoms with Crippen molar-refractivity contribution in [3.8, 4) is 11.5 Å². The van der Waals surface area contributed by atoms with E-state index in [0.29, 0.717) is 0 Å². The summed E-state index contributed by atoms with van der Waals surface area (Å²) in [6.45, 7) is 8.13. The van der Waals surface area contributed by atoms with E-state index in [1.165, 1.54) is 0 Å². The molecule has 0 saturated heterocycles. The second-order valence-electron chi connectivity index (χ2n) is 7.22. The Morgan fingerprint density at radius 3 is 2.72 bits per heavy atom. The minimum absolute atomic E-state index is 0.139. The van der Waals surface area contributed by atoms with Crippen LogP contribution >= 0.6 is 0 Å².